The number of halogens is 2. The van der Waals surface area contributed by atoms with E-state index in [9.17, 15) is 0 Å². The summed E-state index contributed by atoms with van der Waals surface area (Å²) >= 11 is 8.12. The normalized spacial score (nSPS) is 9.86. The molecular weight excluding hydrogens is 331 g/mol. The third kappa shape index (κ3) is 1.85. The van der Waals surface area contributed by atoms with Crippen molar-refractivity contribution in [1.82, 2.24) is 10.2 Å². The fourth-order valence-corrected chi connectivity index (χ4v) is 1.87. The number of aromatic amines is 1. The highest BCUT2D eigenvalue weighted by atomic mass is 127. The van der Waals surface area contributed by atoms with Crippen molar-refractivity contribution in [2.45, 2.75) is 0 Å². The van der Waals surface area contributed by atoms with E-state index in [1.54, 1.807) is 6.20 Å². The summed E-state index contributed by atoms with van der Waals surface area (Å²) in [5.41, 5.74) is 1.79. The molecule has 1 heterocycles. The second-order valence-electron chi connectivity index (χ2n) is 2.56. The molecule has 14 heavy (non-hydrogen) atoms. The summed E-state index contributed by atoms with van der Waals surface area (Å²) in [5.74, 6) is 3.04. The Morgan fingerprint density at radius 2 is 2.36 bits per heavy atom. The Morgan fingerprint density at radius 1 is 1.50 bits per heavy atom. The summed E-state index contributed by atoms with van der Waals surface area (Å²) in [4.78, 5) is 0. The first-order chi connectivity index (χ1) is 6.83. The van der Waals surface area contributed by atoms with Crippen molar-refractivity contribution in [3.8, 4) is 11.2 Å². The van der Waals surface area contributed by atoms with E-state index in [0.717, 1.165) is 16.5 Å². The van der Waals surface area contributed by atoms with Crippen LogP contribution in [0.4, 0.5) is 0 Å². The molecule has 0 aliphatic rings. The van der Waals surface area contributed by atoms with E-state index in [4.69, 9.17) is 11.6 Å². The van der Waals surface area contributed by atoms with Crippen LogP contribution in [0, 0.1) is 11.2 Å². The van der Waals surface area contributed by atoms with Crippen LogP contribution in [0.25, 0.3) is 10.9 Å². The number of aromatic nitrogens is 2. The molecular formula is C9H4ClIN2S. The molecule has 0 saturated carbocycles. The van der Waals surface area contributed by atoms with Gasteiger partial charge in [-0.25, -0.2) is 0 Å². The lowest BCUT2D eigenvalue weighted by Gasteiger charge is -1.95. The highest BCUT2D eigenvalue weighted by Gasteiger charge is 2.04. The van der Waals surface area contributed by atoms with Crippen LogP contribution in [0.3, 0.4) is 0 Å². The highest BCUT2D eigenvalue weighted by molar-refractivity contribution is 14.2. The maximum Gasteiger partial charge on any atom is 0.0849 e. The predicted molar refractivity (Wildman–Crippen MR) is 69.6 cm³/mol. The molecule has 0 bridgehead atoms. The summed E-state index contributed by atoms with van der Waals surface area (Å²) in [5, 5.41) is 11.4. The summed E-state index contributed by atoms with van der Waals surface area (Å²) < 4.78 is 0. The Balaban J connectivity index is 2.67. The number of nitrogens with zero attached hydrogens (tertiary/aromatic N) is 1. The minimum atomic E-state index is 0.671. The van der Waals surface area contributed by atoms with Crippen LogP contribution in [0.15, 0.2) is 18.3 Å². The third-order valence-electron chi connectivity index (χ3n) is 1.79. The molecule has 0 fully saturated rings. The van der Waals surface area contributed by atoms with Crippen molar-refractivity contribution in [1.29, 1.82) is 0 Å². The summed E-state index contributed by atoms with van der Waals surface area (Å²) in [6.45, 7) is 0. The zero-order valence-corrected chi connectivity index (χ0v) is 10.6. The average molecular weight is 335 g/mol. The quantitative estimate of drug-likeness (QED) is 0.589. The molecule has 1 N–H and O–H groups in total. The molecule has 0 saturated heterocycles. The maximum atomic E-state index is 5.98. The van der Waals surface area contributed by atoms with Crippen LogP contribution in [-0.2, 0) is 0 Å². The number of benzene rings is 1. The van der Waals surface area contributed by atoms with Gasteiger partial charge in [0.25, 0.3) is 0 Å². The number of hydrogen-bond donors (Lipinski definition) is 1. The predicted octanol–water partition coefficient (Wildman–Crippen LogP) is 3.61. The van der Waals surface area contributed by atoms with Crippen molar-refractivity contribution >= 4 is 52.6 Å². The van der Waals surface area contributed by atoms with Crippen LogP contribution in [-0.4, -0.2) is 10.2 Å². The van der Waals surface area contributed by atoms with Gasteiger partial charge in [0, 0.05) is 32.2 Å². The van der Waals surface area contributed by atoms with Gasteiger partial charge < -0.3 is 0 Å². The number of rotatable bonds is 0. The van der Waals surface area contributed by atoms with Crippen LogP contribution in [0.1, 0.15) is 5.56 Å². The molecule has 0 aliphatic carbocycles. The fourth-order valence-electron chi connectivity index (χ4n) is 1.19. The maximum absolute atomic E-state index is 5.98. The molecule has 5 heteroatoms. The molecule has 2 nitrogen and oxygen atoms in total. The Kier molecular flexibility index (Phi) is 3.21. The number of hydrogen-bond acceptors (Lipinski definition) is 2. The van der Waals surface area contributed by atoms with Gasteiger partial charge >= 0.3 is 0 Å². The molecule has 2 aromatic rings. The van der Waals surface area contributed by atoms with Gasteiger partial charge in [-0.3, -0.25) is 5.10 Å². The number of fused-ring (bicyclic) bond motifs is 1. The smallest absolute Gasteiger partial charge is 0.0849 e. The van der Waals surface area contributed by atoms with Gasteiger partial charge in [-0.05, 0) is 26.3 Å². The van der Waals surface area contributed by atoms with Crippen molar-refractivity contribution in [2.75, 3.05) is 0 Å². The standard InChI is InChI=1S/C9H4ClIN2S/c10-8-2-1-6(3-4-14-11)7-5-12-13-9(7)8/h1-2,5H,(H,12,13). The Morgan fingerprint density at radius 3 is 3.14 bits per heavy atom. The van der Waals surface area contributed by atoms with Crippen molar-refractivity contribution in [3.63, 3.8) is 0 Å². The van der Waals surface area contributed by atoms with E-state index >= 15 is 0 Å². The van der Waals surface area contributed by atoms with Crippen LogP contribution in [0.2, 0.25) is 5.02 Å². The molecule has 2 rings (SSSR count). The van der Waals surface area contributed by atoms with Crippen molar-refractivity contribution < 1.29 is 0 Å². The second-order valence-corrected chi connectivity index (χ2v) is 4.64. The molecule has 1 aromatic heterocycles. The first kappa shape index (κ1) is 10.1. The van der Waals surface area contributed by atoms with Gasteiger partial charge in [0.05, 0.1) is 16.7 Å². The van der Waals surface area contributed by atoms with Crippen molar-refractivity contribution in [3.05, 3.63) is 28.9 Å². The van der Waals surface area contributed by atoms with Gasteiger partial charge in [-0.1, -0.05) is 17.5 Å². The van der Waals surface area contributed by atoms with Gasteiger partial charge in [0.2, 0.25) is 0 Å². The van der Waals surface area contributed by atoms with Crippen LogP contribution < -0.4 is 0 Å². The summed E-state index contributed by atoms with van der Waals surface area (Å²) in [6.07, 6.45) is 1.74. The minimum Gasteiger partial charge on any atom is -0.276 e. The fraction of sp³-hybridized carbons (Fsp3) is 0. The van der Waals surface area contributed by atoms with E-state index < -0.39 is 0 Å². The molecule has 1 aromatic carbocycles. The van der Waals surface area contributed by atoms with E-state index in [-0.39, 0.29) is 0 Å². The molecule has 0 atom stereocenters. The van der Waals surface area contributed by atoms with Crippen LogP contribution >= 0.6 is 41.7 Å². The monoisotopic (exact) mass is 334 g/mol. The van der Waals surface area contributed by atoms with Gasteiger partial charge in [-0.2, -0.15) is 5.10 Å². The van der Waals surface area contributed by atoms with E-state index in [1.807, 2.05) is 12.1 Å². The first-order valence-electron chi connectivity index (χ1n) is 3.73. The highest BCUT2D eigenvalue weighted by Crippen LogP contribution is 2.24. The number of H-pyrrole nitrogens is 1. The van der Waals surface area contributed by atoms with Crippen LogP contribution in [0.5, 0.6) is 0 Å². The number of nitrogens with one attached hydrogen (secondary N) is 1. The van der Waals surface area contributed by atoms with E-state index in [2.05, 4.69) is 42.6 Å². The van der Waals surface area contributed by atoms with Crippen molar-refractivity contribution in [2.24, 2.45) is 0 Å². The Hall–Kier alpha value is -0.380. The minimum absolute atomic E-state index is 0.671. The van der Waals surface area contributed by atoms with Gasteiger partial charge in [0.1, 0.15) is 0 Å². The lowest BCUT2D eigenvalue weighted by molar-refractivity contribution is 1.12. The first-order valence-corrected chi connectivity index (χ1v) is 7.47. The molecule has 0 aliphatic heterocycles. The topological polar surface area (TPSA) is 28.7 Å². The Labute approximate surface area is 102 Å². The van der Waals surface area contributed by atoms with E-state index in [1.165, 1.54) is 8.93 Å². The lowest BCUT2D eigenvalue weighted by atomic mass is 10.1. The molecule has 70 valence electrons. The van der Waals surface area contributed by atoms with E-state index in [0.29, 0.717) is 5.02 Å². The zero-order chi connectivity index (χ0) is 9.97. The molecule has 0 amide bonds. The molecule has 0 unspecified atom stereocenters. The molecule has 0 radical (unpaired) electrons. The third-order valence-corrected chi connectivity index (χ3v) is 2.94. The largest absolute Gasteiger partial charge is 0.276 e. The Bertz CT molecular complexity index is 526. The summed E-state index contributed by atoms with van der Waals surface area (Å²) in [6, 6.07) is 3.73. The van der Waals surface area contributed by atoms with Gasteiger partial charge in [0.15, 0.2) is 0 Å². The summed E-state index contributed by atoms with van der Waals surface area (Å²) in [7, 11) is 1.46. The SMILES string of the molecule is Clc1ccc(C#CSI)c2cn[nH]c12. The zero-order valence-electron chi connectivity index (χ0n) is 6.84. The molecule has 0 spiro atoms. The van der Waals surface area contributed by atoms with Gasteiger partial charge in [-0.15, -0.1) is 0 Å². The second kappa shape index (κ2) is 4.43. The lowest BCUT2D eigenvalue weighted by Crippen LogP contribution is -1.77. The average Bonchev–Trinajstić information content (AvgIpc) is 2.66.